The fourth-order valence-electron chi connectivity index (χ4n) is 2.43. The number of benzene rings is 2. The van der Waals surface area contributed by atoms with Gasteiger partial charge in [-0.1, -0.05) is 35.4 Å². The summed E-state index contributed by atoms with van der Waals surface area (Å²) in [4.78, 5) is 13.5. The van der Waals surface area contributed by atoms with E-state index in [4.69, 9.17) is 11.6 Å². The maximum atomic E-state index is 11.9. The maximum absolute atomic E-state index is 11.9. The summed E-state index contributed by atoms with van der Waals surface area (Å²) in [5.41, 5.74) is 6.02. The van der Waals surface area contributed by atoms with E-state index in [0.29, 0.717) is 0 Å². The third kappa shape index (κ3) is 2.86. The second kappa shape index (κ2) is 5.68. The fraction of sp³-hybridized carbons (Fsp3) is 0.235. The van der Waals surface area contributed by atoms with E-state index in [1.165, 1.54) is 0 Å². The predicted molar refractivity (Wildman–Crippen MR) is 85.2 cm³/mol. The summed E-state index contributed by atoms with van der Waals surface area (Å²) in [6, 6.07) is 11.9. The molecule has 2 aromatic carbocycles. The average molecular weight is 288 g/mol. The molecule has 3 heteroatoms. The molecule has 0 atom stereocenters. The molecule has 0 unspecified atom stereocenters. The second-order valence-corrected chi connectivity index (χ2v) is 5.49. The Labute approximate surface area is 125 Å². The topological polar surface area (TPSA) is 20.3 Å². The molecule has 0 fully saturated rings. The molecule has 0 radical (unpaired) electrons. The molecule has 0 saturated carbocycles. The first kappa shape index (κ1) is 14.6. The predicted octanol–water partition coefficient (Wildman–Crippen LogP) is 5.42. The summed E-state index contributed by atoms with van der Waals surface area (Å²) in [7, 11) is 0. The van der Waals surface area contributed by atoms with Crippen molar-refractivity contribution in [2.75, 3.05) is 4.90 Å². The molecule has 0 aliphatic heterocycles. The minimum Gasteiger partial charge on any atom is -0.267 e. The zero-order chi connectivity index (χ0) is 14.9. The zero-order valence-electron chi connectivity index (χ0n) is 12.2. The van der Waals surface area contributed by atoms with Crippen molar-refractivity contribution in [2.45, 2.75) is 27.7 Å². The molecular weight excluding hydrogens is 270 g/mol. The van der Waals surface area contributed by atoms with Gasteiger partial charge in [-0.15, -0.1) is 0 Å². The van der Waals surface area contributed by atoms with E-state index in [2.05, 4.69) is 0 Å². The quantitative estimate of drug-likeness (QED) is 0.534. The van der Waals surface area contributed by atoms with Gasteiger partial charge in [0.15, 0.2) is 0 Å². The standard InChI is InChI=1S/C17H18ClNO/c1-11-5-7-15(13(3)9-11)19(17(18)20)16-8-6-12(2)10-14(16)4/h5-10H,1-4H3. The van der Waals surface area contributed by atoms with E-state index in [1.54, 1.807) is 4.90 Å². The highest BCUT2D eigenvalue weighted by Gasteiger charge is 2.19. The van der Waals surface area contributed by atoms with E-state index in [1.807, 2.05) is 64.1 Å². The summed E-state index contributed by atoms with van der Waals surface area (Å²) in [5, 5.41) is -0.496. The number of carbonyl (C=O) groups excluding carboxylic acids is 1. The lowest BCUT2D eigenvalue weighted by molar-refractivity contribution is 0.266. The Kier molecular flexibility index (Phi) is 4.15. The van der Waals surface area contributed by atoms with Crippen LogP contribution < -0.4 is 4.90 Å². The number of rotatable bonds is 2. The van der Waals surface area contributed by atoms with Crippen LogP contribution in [0.4, 0.5) is 16.2 Å². The SMILES string of the molecule is Cc1ccc(N(C(=O)Cl)c2ccc(C)cc2C)c(C)c1. The molecule has 1 amide bonds. The Morgan fingerprint density at radius 2 is 1.25 bits per heavy atom. The highest BCUT2D eigenvalue weighted by Crippen LogP contribution is 2.33. The van der Waals surface area contributed by atoms with Crippen molar-refractivity contribution in [1.82, 2.24) is 0 Å². The van der Waals surface area contributed by atoms with Crippen LogP contribution in [0.2, 0.25) is 0 Å². The van der Waals surface area contributed by atoms with Crippen LogP contribution in [0.3, 0.4) is 0 Å². The number of hydrogen-bond donors (Lipinski definition) is 0. The van der Waals surface area contributed by atoms with Gasteiger partial charge in [0.2, 0.25) is 0 Å². The van der Waals surface area contributed by atoms with Crippen LogP contribution in [0.25, 0.3) is 0 Å². The Balaban J connectivity index is 2.59. The van der Waals surface area contributed by atoms with Gasteiger partial charge < -0.3 is 0 Å². The number of amides is 1. The van der Waals surface area contributed by atoms with E-state index < -0.39 is 5.37 Å². The van der Waals surface area contributed by atoms with Crippen molar-refractivity contribution in [2.24, 2.45) is 0 Å². The smallest absolute Gasteiger partial charge is 0.267 e. The molecule has 0 aromatic heterocycles. The van der Waals surface area contributed by atoms with E-state index in [9.17, 15) is 4.79 Å². The van der Waals surface area contributed by atoms with E-state index in [0.717, 1.165) is 33.6 Å². The molecule has 0 heterocycles. The fourth-order valence-corrected chi connectivity index (χ4v) is 2.61. The number of aryl methyl sites for hydroxylation is 4. The van der Waals surface area contributed by atoms with Crippen LogP contribution >= 0.6 is 11.6 Å². The Morgan fingerprint density at radius 1 is 0.850 bits per heavy atom. The monoisotopic (exact) mass is 287 g/mol. The largest absolute Gasteiger partial charge is 0.325 e. The van der Waals surface area contributed by atoms with Gasteiger partial charge in [0, 0.05) is 0 Å². The second-order valence-electron chi connectivity index (χ2n) is 5.17. The van der Waals surface area contributed by atoms with Gasteiger partial charge in [0.1, 0.15) is 0 Å². The number of nitrogens with zero attached hydrogens (tertiary/aromatic N) is 1. The van der Waals surface area contributed by atoms with E-state index >= 15 is 0 Å². The Morgan fingerprint density at radius 3 is 1.55 bits per heavy atom. The average Bonchev–Trinajstić information content (AvgIpc) is 2.34. The molecule has 0 bridgehead atoms. The molecule has 0 spiro atoms. The molecule has 0 aliphatic carbocycles. The van der Waals surface area contributed by atoms with Crippen molar-refractivity contribution < 1.29 is 4.79 Å². The highest BCUT2D eigenvalue weighted by molar-refractivity contribution is 6.67. The lowest BCUT2D eigenvalue weighted by Crippen LogP contribution is -2.21. The van der Waals surface area contributed by atoms with Gasteiger partial charge in [-0.05, 0) is 62.6 Å². The molecule has 104 valence electrons. The number of carbonyl (C=O) groups is 1. The normalized spacial score (nSPS) is 10.4. The van der Waals surface area contributed by atoms with Gasteiger partial charge in [0.05, 0.1) is 11.4 Å². The van der Waals surface area contributed by atoms with Crippen LogP contribution in [0, 0.1) is 27.7 Å². The molecule has 0 aliphatic rings. The molecule has 2 rings (SSSR count). The lowest BCUT2D eigenvalue weighted by Gasteiger charge is -2.24. The molecule has 20 heavy (non-hydrogen) atoms. The lowest BCUT2D eigenvalue weighted by atomic mass is 10.1. The van der Waals surface area contributed by atoms with E-state index in [-0.39, 0.29) is 0 Å². The van der Waals surface area contributed by atoms with Gasteiger partial charge in [-0.25, -0.2) is 0 Å². The molecule has 0 saturated heterocycles. The summed E-state index contributed by atoms with van der Waals surface area (Å²) >= 11 is 5.82. The first-order valence-corrected chi connectivity index (χ1v) is 6.92. The number of halogens is 1. The van der Waals surface area contributed by atoms with Gasteiger partial charge in [-0.3, -0.25) is 9.69 Å². The summed E-state index contributed by atoms with van der Waals surface area (Å²) in [6.45, 7) is 8.03. The van der Waals surface area contributed by atoms with Crippen molar-refractivity contribution >= 4 is 28.3 Å². The third-order valence-corrected chi connectivity index (χ3v) is 3.53. The first-order chi connectivity index (χ1) is 9.40. The van der Waals surface area contributed by atoms with Crippen LogP contribution in [-0.2, 0) is 0 Å². The summed E-state index contributed by atoms with van der Waals surface area (Å²) in [6.07, 6.45) is 0. The van der Waals surface area contributed by atoms with Crippen LogP contribution in [0.15, 0.2) is 36.4 Å². The Bertz CT molecular complexity index is 613. The maximum Gasteiger partial charge on any atom is 0.325 e. The molecule has 0 N–H and O–H groups in total. The van der Waals surface area contributed by atoms with Crippen molar-refractivity contribution in [1.29, 1.82) is 0 Å². The number of hydrogen-bond acceptors (Lipinski definition) is 1. The third-order valence-electron chi connectivity index (χ3n) is 3.36. The van der Waals surface area contributed by atoms with Crippen LogP contribution in [0.1, 0.15) is 22.3 Å². The van der Waals surface area contributed by atoms with Gasteiger partial charge in [-0.2, -0.15) is 0 Å². The summed E-state index contributed by atoms with van der Waals surface area (Å²) < 4.78 is 0. The van der Waals surface area contributed by atoms with Crippen molar-refractivity contribution in [3.63, 3.8) is 0 Å². The zero-order valence-corrected chi connectivity index (χ0v) is 13.0. The van der Waals surface area contributed by atoms with Crippen molar-refractivity contribution in [3.05, 3.63) is 58.7 Å². The van der Waals surface area contributed by atoms with Crippen LogP contribution in [0.5, 0.6) is 0 Å². The Hall–Kier alpha value is -1.80. The molecule has 2 aromatic rings. The minimum atomic E-state index is -0.496. The minimum absolute atomic E-state index is 0.496. The van der Waals surface area contributed by atoms with Crippen molar-refractivity contribution in [3.8, 4) is 0 Å². The first-order valence-electron chi connectivity index (χ1n) is 6.54. The highest BCUT2D eigenvalue weighted by atomic mass is 35.5. The van der Waals surface area contributed by atoms with Gasteiger partial charge in [0.25, 0.3) is 0 Å². The van der Waals surface area contributed by atoms with Crippen LogP contribution in [-0.4, -0.2) is 5.37 Å². The summed E-state index contributed by atoms with van der Waals surface area (Å²) in [5.74, 6) is 0. The molecular formula is C17H18ClNO. The molecule has 2 nitrogen and oxygen atoms in total. The van der Waals surface area contributed by atoms with Gasteiger partial charge >= 0.3 is 5.37 Å². The number of anilines is 2.